The summed E-state index contributed by atoms with van der Waals surface area (Å²) in [6, 6.07) is 3.16. The molecule has 4 saturated carbocycles. The minimum atomic E-state index is -1.14. The van der Waals surface area contributed by atoms with Crippen LogP contribution in [0.1, 0.15) is 136 Å². The van der Waals surface area contributed by atoms with E-state index in [0.29, 0.717) is 55.4 Å². The molecule has 0 saturated heterocycles. The van der Waals surface area contributed by atoms with Gasteiger partial charge >= 0.3 is 5.97 Å². The molecule has 9 nitrogen and oxygen atoms in total. The lowest BCUT2D eigenvalue weighted by Crippen LogP contribution is -2.68. The van der Waals surface area contributed by atoms with E-state index in [1.165, 1.54) is 55.0 Å². The number of primary amides is 1. The van der Waals surface area contributed by atoms with Crippen LogP contribution in [0.3, 0.4) is 0 Å². The molecule has 1 amide bonds. The van der Waals surface area contributed by atoms with Gasteiger partial charge in [0.05, 0.1) is 12.2 Å². The van der Waals surface area contributed by atoms with Crippen LogP contribution in [0.15, 0.2) is 53.8 Å². The average molecular weight is 772 g/mol. The number of carboxylic acid groups (broad SMARTS) is 1. The highest BCUT2D eigenvalue weighted by Crippen LogP contribution is 2.76. The number of carbonyl (C=O) groups is 2. The molecule has 7 rings (SSSR count). The number of nitrogens with one attached hydrogen (secondary N) is 1. The third kappa shape index (κ3) is 6.23. The third-order valence-electron chi connectivity index (χ3n) is 17.7. The van der Waals surface area contributed by atoms with Crippen molar-refractivity contribution in [2.75, 3.05) is 19.8 Å². The maximum atomic E-state index is 12.8. The Bertz CT molecular complexity index is 1820. The van der Waals surface area contributed by atoms with E-state index in [4.69, 9.17) is 10.5 Å². The van der Waals surface area contributed by atoms with E-state index >= 15 is 0 Å². The smallest absolute Gasteiger partial charge is 0.313 e. The van der Waals surface area contributed by atoms with E-state index in [-0.39, 0.29) is 51.9 Å². The minimum Gasteiger partial charge on any atom is -0.481 e. The molecule has 6 aliphatic rings. The first-order valence-electron chi connectivity index (χ1n) is 21.5. The van der Waals surface area contributed by atoms with E-state index in [0.717, 1.165) is 25.7 Å². The number of nitrogens with two attached hydrogens (primary N) is 1. The summed E-state index contributed by atoms with van der Waals surface area (Å²) in [7, 11) is 0. The Hall–Kier alpha value is -3.01. The highest BCUT2D eigenvalue weighted by Gasteiger charge is 2.70. The van der Waals surface area contributed by atoms with Gasteiger partial charge in [0.1, 0.15) is 17.6 Å². The molecule has 1 aromatic heterocycles. The van der Waals surface area contributed by atoms with Crippen LogP contribution in [0.5, 0.6) is 5.88 Å². The summed E-state index contributed by atoms with van der Waals surface area (Å²) in [5, 5.41) is 35.2. The molecular weight excluding hydrogens is 703 g/mol. The summed E-state index contributed by atoms with van der Waals surface area (Å²) in [6.45, 7) is 21.4. The van der Waals surface area contributed by atoms with Gasteiger partial charge in [0.15, 0.2) is 0 Å². The molecule has 1 aromatic rings. The van der Waals surface area contributed by atoms with Gasteiger partial charge < -0.3 is 31.1 Å². The molecule has 0 aromatic carbocycles. The van der Waals surface area contributed by atoms with Gasteiger partial charge in [0.25, 0.3) is 5.91 Å². The molecule has 11 atom stereocenters. The lowest BCUT2D eigenvalue weighted by atomic mass is 9.33. The monoisotopic (exact) mass is 772 g/mol. The Balaban J connectivity index is 1.13. The second-order valence-corrected chi connectivity index (χ2v) is 20.9. The number of carbonyl (C=O) groups excluding carboxylic acids is 1. The Morgan fingerprint density at radius 1 is 1.00 bits per heavy atom. The zero-order valence-corrected chi connectivity index (χ0v) is 35.2. The minimum absolute atomic E-state index is 0.0370. The summed E-state index contributed by atoms with van der Waals surface area (Å²) < 4.78 is 5.93. The fourth-order valence-corrected chi connectivity index (χ4v) is 14.5. The first-order chi connectivity index (χ1) is 26.2. The van der Waals surface area contributed by atoms with Crippen molar-refractivity contribution in [2.24, 2.45) is 62.4 Å². The van der Waals surface area contributed by atoms with Crippen molar-refractivity contribution < 1.29 is 29.6 Å². The van der Waals surface area contributed by atoms with Gasteiger partial charge in [-0.1, -0.05) is 58.9 Å². The van der Waals surface area contributed by atoms with Crippen LogP contribution in [0.4, 0.5) is 0 Å². The van der Waals surface area contributed by atoms with Gasteiger partial charge in [-0.3, -0.25) is 9.59 Å². The molecule has 4 fully saturated rings. The van der Waals surface area contributed by atoms with Gasteiger partial charge in [-0.15, -0.1) is 0 Å². The predicted octanol–water partition coefficient (Wildman–Crippen LogP) is 8.02. The number of carboxylic acids is 1. The van der Waals surface area contributed by atoms with Crippen LogP contribution in [-0.2, 0) is 4.79 Å². The largest absolute Gasteiger partial charge is 0.481 e. The normalized spacial score (nSPS) is 41.1. The van der Waals surface area contributed by atoms with Crippen LogP contribution in [0.25, 0.3) is 0 Å². The van der Waals surface area contributed by atoms with Crippen molar-refractivity contribution in [1.82, 2.24) is 10.3 Å². The molecule has 0 radical (unpaired) electrons. The summed E-state index contributed by atoms with van der Waals surface area (Å²) in [5.74, 6) is 1.15. The number of aromatic nitrogens is 1. The van der Waals surface area contributed by atoms with Crippen LogP contribution in [0, 0.1) is 56.7 Å². The number of fused-ring (bicyclic) bond motifs is 7. The summed E-state index contributed by atoms with van der Waals surface area (Å²) in [6.07, 6.45) is 18.1. The standard InChI is InChI=1S/C47H69N3O6/c1-29(2)31-15-22-47(50-26-42(5,55)27-51)24-23-44(7)34(37(31)47)11-12-36-43(6)18-16-33(41(3,4)35(43)17-19-45(36,44)8)30-13-20-46(21-14-30,40(53)54)28-56-39-32(38(48)52)10-9-25-49-39/h9-10,13,16,25,31,34-37,50-51,55H,1,11-12,14-15,17-24,26-28H2,2-8H3,(H2,48,52)(H,53,54)/t31-,34+,35-,36+,37+,42?,43-,44+,45+,46-,47-/m0/s1. The van der Waals surface area contributed by atoms with Crippen molar-refractivity contribution in [1.29, 1.82) is 0 Å². The van der Waals surface area contributed by atoms with Crippen LogP contribution in [-0.4, -0.2) is 63.1 Å². The molecule has 0 aliphatic heterocycles. The van der Waals surface area contributed by atoms with Gasteiger partial charge in [-0.05, 0) is 165 Å². The molecule has 56 heavy (non-hydrogen) atoms. The van der Waals surface area contributed by atoms with Crippen molar-refractivity contribution in [3.05, 3.63) is 59.3 Å². The fourth-order valence-electron chi connectivity index (χ4n) is 14.5. The number of aliphatic carboxylic acids is 1. The number of allylic oxidation sites excluding steroid dienone is 5. The number of β-amino-alcohol motifs (C(OH)–C–C–N with tert-alkyl or cyclic N) is 1. The van der Waals surface area contributed by atoms with Crippen molar-refractivity contribution in [3.63, 3.8) is 0 Å². The number of rotatable bonds is 11. The van der Waals surface area contributed by atoms with Crippen LogP contribution >= 0.6 is 0 Å². The average Bonchev–Trinajstić information content (AvgIpc) is 3.54. The molecule has 0 spiro atoms. The maximum absolute atomic E-state index is 12.8. The molecule has 308 valence electrons. The third-order valence-corrected chi connectivity index (χ3v) is 17.7. The number of hydrogen-bond acceptors (Lipinski definition) is 7. The zero-order valence-electron chi connectivity index (χ0n) is 35.2. The molecule has 1 unspecified atom stereocenters. The van der Waals surface area contributed by atoms with Gasteiger partial charge in [-0.25, -0.2) is 4.98 Å². The molecule has 1 heterocycles. The van der Waals surface area contributed by atoms with Crippen LogP contribution < -0.4 is 15.8 Å². The molecule has 6 aliphatic carbocycles. The van der Waals surface area contributed by atoms with E-state index in [2.05, 4.69) is 70.6 Å². The summed E-state index contributed by atoms with van der Waals surface area (Å²) in [4.78, 5) is 28.9. The molecule has 0 bridgehead atoms. The Labute approximate surface area is 335 Å². The number of hydrogen-bond donors (Lipinski definition) is 5. The quantitative estimate of drug-likeness (QED) is 0.142. The van der Waals surface area contributed by atoms with Gasteiger partial charge in [0, 0.05) is 18.3 Å². The lowest BCUT2D eigenvalue weighted by molar-refractivity contribution is -0.221. The highest BCUT2D eigenvalue weighted by atomic mass is 16.5. The molecular formula is C47H69N3O6. The zero-order chi connectivity index (χ0) is 40.7. The van der Waals surface area contributed by atoms with Crippen molar-refractivity contribution in [3.8, 4) is 5.88 Å². The van der Waals surface area contributed by atoms with Crippen molar-refractivity contribution in [2.45, 2.75) is 137 Å². The number of aliphatic hydroxyl groups excluding tert-OH is 1. The highest BCUT2D eigenvalue weighted by molar-refractivity contribution is 5.95. The molecule has 9 heteroatoms. The Kier molecular flexibility index (Phi) is 10.3. The Morgan fingerprint density at radius 2 is 1.75 bits per heavy atom. The number of aliphatic hydroxyl groups is 2. The number of amides is 1. The van der Waals surface area contributed by atoms with Gasteiger partial charge in [-0.2, -0.15) is 0 Å². The van der Waals surface area contributed by atoms with Gasteiger partial charge in [0.2, 0.25) is 5.88 Å². The van der Waals surface area contributed by atoms with Crippen LogP contribution in [0.2, 0.25) is 0 Å². The maximum Gasteiger partial charge on any atom is 0.313 e. The lowest BCUT2D eigenvalue weighted by Gasteiger charge is -2.72. The predicted molar refractivity (Wildman–Crippen MR) is 219 cm³/mol. The Morgan fingerprint density at radius 3 is 2.39 bits per heavy atom. The number of pyridine rings is 1. The summed E-state index contributed by atoms with van der Waals surface area (Å²) in [5.41, 5.74) is 7.82. The first-order valence-corrected chi connectivity index (χ1v) is 21.5. The first kappa shape index (κ1) is 41.2. The van der Waals surface area contributed by atoms with E-state index in [1.54, 1.807) is 19.1 Å². The second-order valence-electron chi connectivity index (χ2n) is 20.9. The number of nitrogens with zero attached hydrogens (tertiary/aromatic N) is 1. The van der Waals surface area contributed by atoms with Crippen molar-refractivity contribution >= 4 is 11.9 Å². The van der Waals surface area contributed by atoms with E-state index < -0.39 is 22.9 Å². The second kappa shape index (κ2) is 14.1. The van der Waals surface area contributed by atoms with E-state index in [9.17, 15) is 24.9 Å². The fraction of sp³-hybridized carbons (Fsp3) is 0.723. The molecule has 6 N–H and O–H groups in total. The summed E-state index contributed by atoms with van der Waals surface area (Å²) >= 11 is 0. The topological polar surface area (TPSA) is 155 Å². The number of ether oxygens (including phenoxy) is 1. The van der Waals surface area contributed by atoms with E-state index in [1.807, 2.05) is 0 Å². The SMILES string of the molecule is C=C(C)[C@@H]1CC[C@]2(NCC(C)(O)CO)CC[C@]3(C)[C@H](CC[C@@H]4[C@@]5(C)CC=C(C6=CC[C@](COc7ncccc7C(N)=O)(C(=O)O)CC6)C(C)(C)[C@@H]5CC[C@]43C)[C@@H]12.